The molecule has 0 aliphatic carbocycles. The van der Waals surface area contributed by atoms with Gasteiger partial charge in [-0.2, -0.15) is 0 Å². The van der Waals surface area contributed by atoms with Crippen molar-refractivity contribution in [3.05, 3.63) is 70.9 Å². The Labute approximate surface area is 137 Å². The number of halogens is 2. The lowest BCUT2D eigenvalue weighted by atomic mass is 10.2. The fourth-order valence-electron chi connectivity index (χ4n) is 2.23. The van der Waals surface area contributed by atoms with Gasteiger partial charge in [-0.3, -0.25) is 9.20 Å². The van der Waals surface area contributed by atoms with Gasteiger partial charge in [0, 0.05) is 18.0 Å². The highest BCUT2D eigenvalue weighted by atomic mass is 35.5. The summed E-state index contributed by atoms with van der Waals surface area (Å²) in [6.45, 7) is 1.73. The highest BCUT2D eigenvalue weighted by Gasteiger charge is 2.08. The summed E-state index contributed by atoms with van der Waals surface area (Å²) < 4.78 is 14.8. The van der Waals surface area contributed by atoms with Crippen LogP contribution in [-0.2, 0) is 4.79 Å². The second-order valence-corrected chi connectivity index (χ2v) is 5.36. The van der Waals surface area contributed by atoms with E-state index in [4.69, 9.17) is 11.6 Å². The summed E-state index contributed by atoms with van der Waals surface area (Å²) in [6.07, 6.45) is 4.78. The van der Waals surface area contributed by atoms with Crippen molar-refractivity contribution in [1.29, 1.82) is 0 Å². The number of nitrogens with zero attached hydrogens (tertiary/aromatic N) is 2. The molecule has 0 saturated heterocycles. The molecule has 2 heterocycles. The van der Waals surface area contributed by atoms with Gasteiger partial charge in [-0.15, -0.1) is 0 Å². The van der Waals surface area contributed by atoms with Crippen LogP contribution in [0.3, 0.4) is 0 Å². The number of nitrogens with one attached hydrogen (secondary N) is 1. The molecule has 0 spiro atoms. The van der Waals surface area contributed by atoms with Gasteiger partial charge in [-0.25, -0.2) is 9.37 Å². The molecule has 0 fully saturated rings. The van der Waals surface area contributed by atoms with E-state index in [0.29, 0.717) is 27.7 Å². The van der Waals surface area contributed by atoms with E-state index >= 15 is 0 Å². The zero-order valence-corrected chi connectivity index (χ0v) is 13.0. The van der Waals surface area contributed by atoms with Crippen molar-refractivity contribution in [2.75, 3.05) is 5.32 Å². The molecule has 0 radical (unpaired) electrons. The van der Waals surface area contributed by atoms with E-state index in [1.54, 1.807) is 17.4 Å². The number of aromatic nitrogens is 2. The first kappa shape index (κ1) is 15.2. The number of anilines is 1. The molecule has 0 unspecified atom stereocenters. The maximum Gasteiger partial charge on any atom is 0.248 e. The topological polar surface area (TPSA) is 46.4 Å². The summed E-state index contributed by atoms with van der Waals surface area (Å²) in [5, 5.41) is 3.02. The minimum atomic E-state index is -0.339. The summed E-state index contributed by atoms with van der Waals surface area (Å²) in [4.78, 5) is 16.2. The zero-order chi connectivity index (χ0) is 16.4. The normalized spacial score (nSPS) is 11.3. The van der Waals surface area contributed by atoms with Crippen LogP contribution < -0.4 is 5.32 Å². The van der Waals surface area contributed by atoms with E-state index in [0.717, 1.165) is 0 Å². The average Bonchev–Trinajstić information content (AvgIpc) is 2.83. The van der Waals surface area contributed by atoms with Gasteiger partial charge in [0.05, 0.1) is 5.69 Å². The number of imidazole rings is 1. The SMILES string of the molecule is Cc1cc(F)ccc1NC(=O)C=Cc1c(Cl)nc2ccccn12. The molecular formula is C17H13ClFN3O. The van der Waals surface area contributed by atoms with E-state index < -0.39 is 0 Å². The molecule has 116 valence electrons. The summed E-state index contributed by atoms with van der Waals surface area (Å²) in [7, 11) is 0. The molecule has 4 nitrogen and oxygen atoms in total. The predicted octanol–water partition coefficient (Wildman–Crippen LogP) is 4.09. The number of hydrogen-bond donors (Lipinski definition) is 1. The van der Waals surface area contributed by atoms with Crippen LogP contribution in [0.25, 0.3) is 11.7 Å². The van der Waals surface area contributed by atoms with Crippen molar-refractivity contribution in [2.45, 2.75) is 6.92 Å². The van der Waals surface area contributed by atoms with Crippen LogP contribution in [0.1, 0.15) is 11.3 Å². The summed E-state index contributed by atoms with van der Waals surface area (Å²) in [6, 6.07) is 9.72. The third kappa shape index (κ3) is 3.24. The number of fused-ring (bicyclic) bond motifs is 1. The van der Waals surface area contributed by atoms with Crippen molar-refractivity contribution in [3.63, 3.8) is 0 Å². The van der Waals surface area contributed by atoms with Crippen LogP contribution >= 0.6 is 11.6 Å². The van der Waals surface area contributed by atoms with Crippen molar-refractivity contribution < 1.29 is 9.18 Å². The maximum atomic E-state index is 13.1. The standard InChI is InChI=1S/C17H13ClFN3O/c1-11-10-12(19)5-6-13(11)20-16(23)8-7-14-17(18)21-15-4-2-3-9-22(14)15/h2-10H,1H3,(H,20,23). The number of pyridine rings is 1. The van der Waals surface area contributed by atoms with Crippen LogP contribution in [0.2, 0.25) is 5.15 Å². The van der Waals surface area contributed by atoms with Crippen LogP contribution in [0.15, 0.2) is 48.7 Å². The number of rotatable bonds is 3. The number of carbonyl (C=O) groups excluding carboxylic acids is 1. The molecule has 1 N–H and O–H groups in total. The number of hydrogen-bond acceptors (Lipinski definition) is 2. The number of carbonyl (C=O) groups is 1. The molecular weight excluding hydrogens is 317 g/mol. The lowest BCUT2D eigenvalue weighted by molar-refractivity contribution is -0.111. The van der Waals surface area contributed by atoms with Crippen LogP contribution in [0.5, 0.6) is 0 Å². The number of aryl methyl sites for hydroxylation is 1. The smallest absolute Gasteiger partial charge is 0.248 e. The molecule has 3 rings (SSSR count). The lowest BCUT2D eigenvalue weighted by Gasteiger charge is -2.06. The Kier molecular flexibility index (Phi) is 4.12. The Balaban J connectivity index is 1.81. The second kappa shape index (κ2) is 6.22. The zero-order valence-electron chi connectivity index (χ0n) is 12.3. The fraction of sp³-hybridized carbons (Fsp3) is 0.0588. The minimum absolute atomic E-state index is 0.318. The van der Waals surface area contributed by atoms with Crippen molar-refractivity contribution in [1.82, 2.24) is 9.38 Å². The molecule has 1 amide bonds. The Bertz CT molecular complexity index is 917. The first-order valence-corrected chi connectivity index (χ1v) is 7.30. The molecule has 23 heavy (non-hydrogen) atoms. The van der Waals surface area contributed by atoms with E-state index in [1.165, 1.54) is 24.3 Å². The van der Waals surface area contributed by atoms with Gasteiger partial charge < -0.3 is 5.32 Å². The lowest BCUT2D eigenvalue weighted by Crippen LogP contribution is -2.09. The molecule has 3 aromatic rings. The molecule has 2 aromatic heterocycles. The molecule has 0 saturated carbocycles. The Morgan fingerprint density at radius 3 is 2.96 bits per heavy atom. The van der Waals surface area contributed by atoms with Crippen LogP contribution in [0, 0.1) is 12.7 Å². The van der Waals surface area contributed by atoms with Crippen molar-refractivity contribution in [3.8, 4) is 0 Å². The minimum Gasteiger partial charge on any atom is -0.322 e. The van der Waals surface area contributed by atoms with Gasteiger partial charge in [0.1, 0.15) is 11.5 Å². The van der Waals surface area contributed by atoms with Gasteiger partial charge in [0.15, 0.2) is 5.15 Å². The Morgan fingerprint density at radius 1 is 1.35 bits per heavy atom. The number of amides is 1. The Hall–Kier alpha value is -2.66. The monoisotopic (exact) mass is 329 g/mol. The third-order valence-electron chi connectivity index (χ3n) is 3.36. The first-order valence-electron chi connectivity index (χ1n) is 6.92. The second-order valence-electron chi connectivity index (χ2n) is 5.00. The van der Waals surface area contributed by atoms with E-state index in [1.807, 2.05) is 24.4 Å². The van der Waals surface area contributed by atoms with E-state index in [2.05, 4.69) is 10.3 Å². The van der Waals surface area contributed by atoms with Crippen LogP contribution in [0.4, 0.5) is 10.1 Å². The van der Waals surface area contributed by atoms with Gasteiger partial charge in [0.2, 0.25) is 5.91 Å². The van der Waals surface area contributed by atoms with Crippen molar-refractivity contribution in [2.24, 2.45) is 0 Å². The fourth-order valence-corrected chi connectivity index (χ4v) is 2.47. The summed E-state index contributed by atoms with van der Waals surface area (Å²) in [5.74, 6) is -0.671. The first-order chi connectivity index (χ1) is 11.0. The van der Waals surface area contributed by atoms with Crippen LogP contribution in [-0.4, -0.2) is 15.3 Å². The van der Waals surface area contributed by atoms with Crippen molar-refractivity contribution >= 4 is 34.9 Å². The van der Waals surface area contributed by atoms with Gasteiger partial charge in [0.25, 0.3) is 0 Å². The predicted molar refractivity (Wildman–Crippen MR) is 89.0 cm³/mol. The molecule has 0 bridgehead atoms. The van der Waals surface area contributed by atoms with Gasteiger partial charge >= 0.3 is 0 Å². The highest BCUT2D eigenvalue weighted by Crippen LogP contribution is 2.19. The van der Waals surface area contributed by atoms with Gasteiger partial charge in [-0.05, 0) is 48.9 Å². The quantitative estimate of drug-likeness (QED) is 0.736. The highest BCUT2D eigenvalue weighted by molar-refractivity contribution is 6.31. The average molecular weight is 330 g/mol. The maximum absolute atomic E-state index is 13.1. The largest absolute Gasteiger partial charge is 0.322 e. The molecule has 0 aliphatic rings. The summed E-state index contributed by atoms with van der Waals surface area (Å²) >= 11 is 6.10. The molecule has 0 atom stereocenters. The molecule has 1 aromatic carbocycles. The number of benzene rings is 1. The van der Waals surface area contributed by atoms with E-state index in [9.17, 15) is 9.18 Å². The Morgan fingerprint density at radius 2 is 2.17 bits per heavy atom. The van der Waals surface area contributed by atoms with Gasteiger partial charge in [-0.1, -0.05) is 17.7 Å². The summed E-state index contributed by atoms with van der Waals surface area (Å²) in [5.41, 5.74) is 2.53. The molecule has 0 aliphatic heterocycles. The third-order valence-corrected chi connectivity index (χ3v) is 3.64. The molecule has 6 heteroatoms. The van der Waals surface area contributed by atoms with E-state index in [-0.39, 0.29) is 11.7 Å².